The maximum atomic E-state index is 13.6. The second-order valence-corrected chi connectivity index (χ2v) is 5.00. The van der Waals surface area contributed by atoms with Gasteiger partial charge in [-0.25, -0.2) is 8.78 Å². The molecule has 2 N–H and O–H groups in total. The molecule has 0 heterocycles. The van der Waals surface area contributed by atoms with Gasteiger partial charge in [0.2, 0.25) is 0 Å². The molecule has 4 heteroatoms. The number of anilines is 1. The van der Waals surface area contributed by atoms with Crippen molar-refractivity contribution in [2.45, 2.75) is 12.5 Å². The molecule has 2 aromatic carbocycles. The first-order chi connectivity index (χ1) is 9.49. The van der Waals surface area contributed by atoms with Gasteiger partial charge >= 0.3 is 0 Å². The summed E-state index contributed by atoms with van der Waals surface area (Å²) in [6.07, 6.45) is 0.139. The number of benzene rings is 2. The molecule has 0 spiro atoms. The summed E-state index contributed by atoms with van der Waals surface area (Å²) in [6, 6.07) is 11.1. The fourth-order valence-corrected chi connectivity index (χ4v) is 2.08. The monoisotopic (exact) mass is 276 g/mol. The first-order valence-corrected chi connectivity index (χ1v) is 6.45. The minimum atomic E-state index is -0.551. The molecule has 2 nitrogen and oxygen atoms in total. The maximum Gasteiger partial charge on any atom is 0.129 e. The van der Waals surface area contributed by atoms with Crippen LogP contribution in [-0.4, -0.2) is 14.1 Å². The van der Waals surface area contributed by atoms with E-state index in [1.165, 1.54) is 18.2 Å². The molecule has 2 aromatic rings. The molecule has 0 fully saturated rings. The zero-order chi connectivity index (χ0) is 14.7. The number of halogens is 2. The molecular weight excluding hydrogens is 258 g/mol. The van der Waals surface area contributed by atoms with Crippen LogP contribution in [0, 0.1) is 11.6 Å². The fraction of sp³-hybridized carbons (Fsp3) is 0.250. The van der Waals surface area contributed by atoms with E-state index in [1.807, 2.05) is 43.3 Å². The number of nitrogens with zero attached hydrogens (tertiary/aromatic N) is 1. The quantitative estimate of drug-likeness (QED) is 0.928. The van der Waals surface area contributed by atoms with Gasteiger partial charge in [0.05, 0.1) is 0 Å². The minimum absolute atomic E-state index is 0.0386. The van der Waals surface area contributed by atoms with E-state index in [1.54, 1.807) is 0 Å². The maximum absolute atomic E-state index is 13.6. The van der Waals surface area contributed by atoms with Crippen LogP contribution in [0.5, 0.6) is 0 Å². The summed E-state index contributed by atoms with van der Waals surface area (Å²) < 4.78 is 27.2. The zero-order valence-corrected chi connectivity index (χ0v) is 11.6. The van der Waals surface area contributed by atoms with Crippen molar-refractivity contribution in [3.8, 4) is 0 Å². The number of hydrogen-bond acceptors (Lipinski definition) is 2. The van der Waals surface area contributed by atoms with Crippen molar-refractivity contribution in [1.29, 1.82) is 0 Å². The summed E-state index contributed by atoms with van der Waals surface area (Å²) in [5.41, 5.74) is 8.00. The van der Waals surface area contributed by atoms with Crippen LogP contribution >= 0.6 is 0 Å². The van der Waals surface area contributed by atoms with Gasteiger partial charge in [0.25, 0.3) is 0 Å². The van der Waals surface area contributed by atoms with Crippen LogP contribution in [0.2, 0.25) is 0 Å². The van der Waals surface area contributed by atoms with E-state index in [9.17, 15) is 8.78 Å². The lowest BCUT2D eigenvalue weighted by Gasteiger charge is -2.16. The zero-order valence-electron chi connectivity index (χ0n) is 11.6. The van der Waals surface area contributed by atoms with E-state index in [2.05, 4.69) is 0 Å². The average Bonchev–Trinajstić information content (AvgIpc) is 2.43. The normalized spacial score (nSPS) is 12.2. The molecule has 0 amide bonds. The predicted octanol–water partition coefficient (Wildman–Crippen LogP) is 3.27. The van der Waals surface area contributed by atoms with Crippen LogP contribution in [0.15, 0.2) is 42.5 Å². The Kier molecular flexibility index (Phi) is 4.35. The van der Waals surface area contributed by atoms with Crippen molar-refractivity contribution in [1.82, 2.24) is 0 Å². The Morgan fingerprint density at radius 1 is 1.00 bits per heavy atom. The van der Waals surface area contributed by atoms with E-state index in [-0.39, 0.29) is 12.0 Å². The second-order valence-electron chi connectivity index (χ2n) is 5.00. The topological polar surface area (TPSA) is 29.3 Å². The third kappa shape index (κ3) is 3.14. The van der Waals surface area contributed by atoms with Crippen molar-refractivity contribution in [3.05, 3.63) is 65.2 Å². The highest BCUT2D eigenvalue weighted by atomic mass is 19.1. The van der Waals surface area contributed by atoms with E-state index in [0.717, 1.165) is 11.3 Å². The molecule has 1 atom stereocenters. The molecule has 0 radical (unpaired) electrons. The number of rotatable bonds is 4. The van der Waals surface area contributed by atoms with Crippen LogP contribution in [-0.2, 0) is 6.42 Å². The molecule has 20 heavy (non-hydrogen) atoms. The van der Waals surface area contributed by atoms with Crippen LogP contribution in [0.4, 0.5) is 14.5 Å². The van der Waals surface area contributed by atoms with E-state index >= 15 is 0 Å². The molecule has 0 saturated heterocycles. The van der Waals surface area contributed by atoms with Gasteiger partial charge in [-0.2, -0.15) is 0 Å². The molecular formula is C16H18F2N2. The van der Waals surface area contributed by atoms with Crippen LogP contribution in [0.3, 0.4) is 0 Å². The van der Waals surface area contributed by atoms with Crippen molar-refractivity contribution in [3.63, 3.8) is 0 Å². The van der Waals surface area contributed by atoms with Crippen molar-refractivity contribution < 1.29 is 8.78 Å². The van der Waals surface area contributed by atoms with Gasteiger partial charge in [0, 0.05) is 31.4 Å². The lowest BCUT2D eigenvalue weighted by atomic mass is 9.98. The standard InChI is InChI=1S/C16H18F2N2/c1-20(2)12-8-6-11(7-9-12)16(19)10-13-14(17)4-3-5-15(13)18/h3-9,16H,10,19H2,1-2H3. The molecule has 0 aliphatic rings. The Labute approximate surface area is 117 Å². The third-order valence-corrected chi connectivity index (χ3v) is 3.32. The van der Waals surface area contributed by atoms with Crippen LogP contribution < -0.4 is 10.6 Å². The number of nitrogens with two attached hydrogens (primary N) is 1. The second kappa shape index (κ2) is 6.01. The molecule has 0 aromatic heterocycles. The Hall–Kier alpha value is -1.94. The minimum Gasteiger partial charge on any atom is -0.378 e. The Morgan fingerprint density at radius 2 is 1.55 bits per heavy atom. The summed E-state index contributed by atoms with van der Waals surface area (Å²) in [5, 5.41) is 0. The first kappa shape index (κ1) is 14.5. The van der Waals surface area contributed by atoms with Gasteiger partial charge in [-0.3, -0.25) is 0 Å². The Balaban J connectivity index is 2.17. The highest BCUT2D eigenvalue weighted by Crippen LogP contribution is 2.22. The van der Waals surface area contributed by atoms with E-state index in [4.69, 9.17) is 5.73 Å². The van der Waals surface area contributed by atoms with Gasteiger partial charge < -0.3 is 10.6 Å². The van der Waals surface area contributed by atoms with Crippen LogP contribution in [0.1, 0.15) is 17.2 Å². The van der Waals surface area contributed by atoms with Crippen molar-refractivity contribution in [2.75, 3.05) is 19.0 Å². The molecule has 0 aliphatic heterocycles. The van der Waals surface area contributed by atoms with Gasteiger partial charge in [-0.1, -0.05) is 18.2 Å². The average molecular weight is 276 g/mol. The highest BCUT2D eigenvalue weighted by molar-refractivity contribution is 5.46. The van der Waals surface area contributed by atoms with Gasteiger partial charge in [0.1, 0.15) is 11.6 Å². The lowest BCUT2D eigenvalue weighted by molar-refractivity contribution is 0.540. The Bertz CT molecular complexity index is 559. The summed E-state index contributed by atoms with van der Waals surface area (Å²) in [7, 11) is 3.90. The van der Waals surface area contributed by atoms with Gasteiger partial charge in [-0.05, 0) is 36.2 Å². The van der Waals surface area contributed by atoms with Crippen molar-refractivity contribution in [2.24, 2.45) is 5.73 Å². The molecule has 106 valence electrons. The molecule has 0 aliphatic carbocycles. The molecule has 0 saturated carbocycles. The van der Waals surface area contributed by atoms with Gasteiger partial charge in [-0.15, -0.1) is 0 Å². The molecule has 1 unspecified atom stereocenters. The molecule has 2 rings (SSSR count). The molecule has 0 bridgehead atoms. The summed E-state index contributed by atoms with van der Waals surface area (Å²) in [6.45, 7) is 0. The SMILES string of the molecule is CN(C)c1ccc(C(N)Cc2c(F)cccc2F)cc1. The van der Waals surface area contributed by atoms with Crippen LogP contribution in [0.25, 0.3) is 0 Å². The number of hydrogen-bond donors (Lipinski definition) is 1. The van der Waals surface area contributed by atoms with E-state index < -0.39 is 17.7 Å². The Morgan fingerprint density at radius 3 is 2.05 bits per heavy atom. The van der Waals surface area contributed by atoms with E-state index in [0.29, 0.717) is 0 Å². The largest absolute Gasteiger partial charge is 0.378 e. The highest BCUT2D eigenvalue weighted by Gasteiger charge is 2.14. The third-order valence-electron chi connectivity index (χ3n) is 3.32. The summed E-state index contributed by atoms with van der Waals surface area (Å²) in [4.78, 5) is 1.98. The fourth-order valence-electron chi connectivity index (χ4n) is 2.08. The summed E-state index contributed by atoms with van der Waals surface area (Å²) in [5.74, 6) is -1.10. The first-order valence-electron chi connectivity index (χ1n) is 6.45. The van der Waals surface area contributed by atoms with Gasteiger partial charge in [0.15, 0.2) is 0 Å². The summed E-state index contributed by atoms with van der Waals surface area (Å²) >= 11 is 0. The van der Waals surface area contributed by atoms with Crippen molar-refractivity contribution >= 4 is 5.69 Å². The smallest absolute Gasteiger partial charge is 0.129 e. The lowest BCUT2D eigenvalue weighted by Crippen LogP contribution is -2.15. The predicted molar refractivity (Wildman–Crippen MR) is 77.8 cm³/mol.